The second-order valence-corrected chi connectivity index (χ2v) is 5.01. The lowest BCUT2D eigenvalue weighted by Gasteiger charge is -2.20. The van der Waals surface area contributed by atoms with E-state index in [0.717, 1.165) is 13.1 Å². The lowest BCUT2D eigenvalue weighted by Crippen LogP contribution is -2.36. The molecule has 0 bridgehead atoms. The van der Waals surface area contributed by atoms with Crippen LogP contribution < -0.4 is 5.32 Å². The number of nitrogens with zero attached hydrogens (tertiary/aromatic N) is 1. The molecule has 0 saturated carbocycles. The van der Waals surface area contributed by atoms with E-state index >= 15 is 0 Å². The van der Waals surface area contributed by atoms with E-state index in [9.17, 15) is 4.79 Å². The summed E-state index contributed by atoms with van der Waals surface area (Å²) in [7, 11) is 0. The van der Waals surface area contributed by atoms with Gasteiger partial charge in [-0.25, -0.2) is 0 Å². The molecule has 0 aliphatic carbocycles. The van der Waals surface area contributed by atoms with Crippen LogP contribution in [0.25, 0.3) is 0 Å². The van der Waals surface area contributed by atoms with Crippen LogP contribution in [0.4, 0.5) is 0 Å². The van der Waals surface area contributed by atoms with Crippen molar-refractivity contribution in [2.45, 2.75) is 33.6 Å². The van der Waals surface area contributed by atoms with Crippen molar-refractivity contribution in [3.05, 3.63) is 0 Å². The van der Waals surface area contributed by atoms with Gasteiger partial charge >= 0.3 is 0 Å². The van der Waals surface area contributed by atoms with E-state index in [4.69, 9.17) is 0 Å². The molecule has 88 valence electrons. The zero-order valence-electron chi connectivity index (χ0n) is 10.3. The van der Waals surface area contributed by atoms with E-state index < -0.39 is 0 Å². The van der Waals surface area contributed by atoms with E-state index in [1.807, 2.05) is 13.8 Å². The molecule has 0 radical (unpaired) electrons. The van der Waals surface area contributed by atoms with Crippen molar-refractivity contribution >= 4 is 5.91 Å². The highest BCUT2D eigenvalue weighted by molar-refractivity contribution is 5.77. The number of nitrogens with one attached hydrogen (secondary N) is 1. The number of rotatable bonds is 5. The maximum atomic E-state index is 11.4. The lowest BCUT2D eigenvalue weighted by molar-refractivity contribution is -0.124. The second kappa shape index (κ2) is 6.11. The first-order valence-corrected chi connectivity index (χ1v) is 6.09. The minimum Gasteiger partial charge on any atom is -0.356 e. The van der Waals surface area contributed by atoms with Crippen LogP contribution in [0.1, 0.15) is 33.6 Å². The van der Waals surface area contributed by atoms with Crippen LogP contribution in [-0.4, -0.2) is 37.0 Å². The van der Waals surface area contributed by atoms with Gasteiger partial charge in [-0.15, -0.1) is 0 Å². The summed E-state index contributed by atoms with van der Waals surface area (Å²) in [4.78, 5) is 13.9. The summed E-state index contributed by atoms with van der Waals surface area (Å²) in [5, 5.41) is 2.99. The van der Waals surface area contributed by atoms with Crippen LogP contribution in [0.3, 0.4) is 0 Å². The second-order valence-electron chi connectivity index (χ2n) is 5.01. The van der Waals surface area contributed by atoms with Crippen LogP contribution in [-0.2, 0) is 4.79 Å². The molecule has 1 heterocycles. The summed E-state index contributed by atoms with van der Waals surface area (Å²) in [6, 6.07) is 0. The van der Waals surface area contributed by atoms with Crippen molar-refractivity contribution in [2.24, 2.45) is 11.8 Å². The summed E-state index contributed by atoms with van der Waals surface area (Å²) in [5.74, 6) is 0.832. The Kier molecular flexibility index (Phi) is 5.09. The summed E-state index contributed by atoms with van der Waals surface area (Å²) in [6.45, 7) is 10.5. The summed E-state index contributed by atoms with van der Waals surface area (Å²) in [5.41, 5.74) is 0. The van der Waals surface area contributed by atoms with E-state index in [1.54, 1.807) is 0 Å². The fourth-order valence-corrected chi connectivity index (χ4v) is 1.95. The molecule has 1 aliphatic heterocycles. The molecule has 15 heavy (non-hydrogen) atoms. The summed E-state index contributed by atoms with van der Waals surface area (Å²) in [6.07, 6.45) is 2.68. The minimum absolute atomic E-state index is 0.101. The van der Waals surface area contributed by atoms with Crippen molar-refractivity contribution < 1.29 is 4.79 Å². The van der Waals surface area contributed by atoms with Crippen LogP contribution in [0.2, 0.25) is 0 Å². The van der Waals surface area contributed by atoms with Crippen molar-refractivity contribution in [3.8, 4) is 0 Å². The Labute approximate surface area is 93.2 Å². The smallest absolute Gasteiger partial charge is 0.222 e. The minimum atomic E-state index is 0.101. The topological polar surface area (TPSA) is 32.3 Å². The SMILES string of the molecule is CC(CNC(=O)C(C)C)CN1CCCC1. The summed E-state index contributed by atoms with van der Waals surface area (Å²) >= 11 is 0. The van der Waals surface area contributed by atoms with Gasteiger partial charge in [0.05, 0.1) is 0 Å². The molecule has 1 atom stereocenters. The van der Waals surface area contributed by atoms with Crippen molar-refractivity contribution in [1.29, 1.82) is 0 Å². The molecule has 3 nitrogen and oxygen atoms in total. The van der Waals surface area contributed by atoms with Gasteiger partial charge in [0.25, 0.3) is 0 Å². The Morgan fingerprint density at radius 1 is 1.27 bits per heavy atom. The summed E-state index contributed by atoms with van der Waals surface area (Å²) < 4.78 is 0. The highest BCUT2D eigenvalue weighted by atomic mass is 16.1. The highest BCUT2D eigenvalue weighted by Gasteiger charge is 2.15. The van der Waals surface area contributed by atoms with Crippen molar-refractivity contribution in [2.75, 3.05) is 26.2 Å². The molecular formula is C12H24N2O. The Morgan fingerprint density at radius 3 is 2.40 bits per heavy atom. The molecule has 1 saturated heterocycles. The first-order chi connectivity index (χ1) is 7.09. The van der Waals surface area contributed by atoms with Gasteiger partial charge in [0.2, 0.25) is 5.91 Å². The number of carbonyl (C=O) groups is 1. The van der Waals surface area contributed by atoms with E-state index in [1.165, 1.54) is 25.9 Å². The quantitative estimate of drug-likeness (QED) is 0.749. The fraction of sp³-hybridized carbons (Fsp3) is 0.917. The van der Waals surface area contributed by atoms with Crippen LogP contribution in [0.15, 0.2) is 0 Å². The molecule has 3 heteroatoms. The lowest BCUT2D eigenvalue weighted by atomic mass is 10.1. The largest absolute Gasteiger partial charge is 0.356 e. The van der Waals surface area contributed by atoms with Crippen LogP contribution >= 0.6 is 0 Å². The van der Waals surface area contributed by atoms with Gasteiger partial charge in [-0.2, -0.15) is 0 Å². The Bertz CT molecular complexity index is 198. The van der Waals surface area contributed by atoms with E-state index in [2.05, 4.69) is 17.1 Å². The van der Waals surface area contributed by atoms with Gasteiger partial charge in [0, 0.05) is 19.0 Å². The molecule has 0 aromatic rings. The Hall–Kier alpha value is -0.570. The third-order valence-corrected chi connectivity index (χ3v) is 2.92. The van der Waals surface area contributed by atoms with Gasteiger partial charge < -0.3 is 10.2 Å². The van der Waals surface area contributed by atoms with Gasteiger partial charge in [-0.1, -0.05) is 20.8 Å². The molecule has 0 spiro atoms. The third kappa shape index (κ3) is 4.65. The molecule has 1 N–H and O–H groups in total. The van der Waals surface area contributed by atoms with E-state index in [0.29, 0.717) is 5.92 Å². The zero-order valence-corrected chi connectivity index (χ0v) is 10.3. The molecule has 1 rings (SSSR count). The van der Waals surface area contributed by atoms with Crippen LogP contribution in [0.5, 0.6) is 0 Å². The van der Waals surface area contributed by atoms with E-state index in [-0.39, 0.29) is 11.8 Å². The highest BCUT2D eigenvalue weighted by Crippen LogP contribution is 2.09. The molecule has 1 unspecified atom stereocenters. The van der Waals surface area contributed by atoms with Crippen LogP contribution in [0, 0.1) is 11.8 Å². The Balaban J connectivity index is 2.12. The molecule has 1 fully saturated rings. The van der Waals surface area contributed by atoms with Gasteiger partial charge in [-0.3, -0.25) is 4.79 Å². The molecule has 0 aromatic carbocycles. The molecule has 0 aromatic heterocycles. The maximum Gasteiger partial charge on any atom is 0.222 e. The molecule has 1 aliphatic rings. The van der Waals surface area contributed by atoms with Crippen molar-refractivity contribution in [3.63, 3.8) is 0 Å². The number of likely N-dealkylation sites (tertiary alicyclic amines) is 1. The zero-order chi connectivity index (χ0) is 11.3. The monoisotopic (exact) mass is 212 g/mol. The fourth-order valence-electron chi connectivity index (χ4n) is 1.95. The number of amides is 1. The first kappa shape index (κ1) is 12.5. The van der Waals surface area contributed by atoms with Crippen molar-refractivity contribution in [1.82, 2.24) is 10.2 Å². The van der Waals surface area contributed by atoms with Gasteiger partial charge in [0.1, 0.15) is 0 Å². The average molecular weight is 212 g/mol. The van der Waals surface area contributed by atoms with Gasteiger partial charge in [-0.05, 0) is 31.8 Å². The number of carbonyl (C=O) groups excluding carboxylic acids is 1. The normalized spacial score (nSPS) is 19.5. The molecule has 1 amide bonds. The predicted molar refractivity (Wildman–Crippen MR) is 62.7 cm³/mol. The average Bonchev–Trinajstić information content (AvgIpc) is 2.66. The standard InChI is InChI=1S/C12H24N2O/c1-10(2)12(15)13-8-11(3)9-14-6-4-5-7-14/h10-11H,4-9H2,1-3H3,(H,13,15). The maximum absolute atomic E-state index is 11.4. The third-order valence-electron chi connectivity index (χ3n) is 2.92. The van der Waals surface area contributed by atoms with Gasteiger partial charge in [0.15, 0.2) is 0 Å². The first-order valence-electron chi connectivity index (χ1n) is 6.09. The number of hydrogen-bond acceptors (Lipinski definition) is 2. The predicted octanol–water partition coefficient (Wildman–Crippen LogP) is 1.49. The Morgan fingerprint density at radius 2 is 1.87 bits per heavy atom. The number of hydrogen-bond donors (Lipinski definition) is 1. The molecular weight excluding hydrogens is 188 g/mol.